The lowest BCUT2D eigenvalue weighted by Crippen LogP contribution is -2.17. The summed E-state index contributed by atoms with van der Waals surface area (Å²) < 4.78 is 11.2. The maximum absolute atomic E-state index is 5.76. The van der Waals surface area contributed by atoms with Crippen LogP contribution in [0.15, 0.2) is 53.1 Å². The van der Waals surface area contributed by atoms with E-state index < -0.39 is 0 Å². The van der Waals surface area contributed by atoms with Crippen molar-refractivity contribution < 1.29 is 9.26 Å². The second-order valence-corrected chi connectivity index (χ2v) is 6.81. The summed E-state index contributed by atoms with van der Waals surface area (Å²) >= 11 is 0. The predicted molar refractivity (Wildman–Crippen MR) is 102 cm³/mol. The molecule has 3 rings (SSSR count). The molecule has 26 heavy (non-hydrogen) atoms. The van der Waals surface area contributed by atoms with Crippen LogP contribution in [0, 0.1) is 6.92 Å². The smallest absolute Gasteiger partial charge is 0.241 e. The van der Waals surface area contributed by atoms with Crippen LogP contribution in [0.1, 0.15) is 30.9 Å². The first-order chi connectivity index (χ1) is 12.5. The van der Waals surface area contributed by atoms with E-state index in [1.54, 1.807) is 0 Å². The van der Waals surface area contributed by atoms with Gasteiger partial charge in [-0.15, -0.1) is 0 Å². The molecule has 0 atom stereocenters. The second kappa shape index (κ2) is 8.15. The summed E-state index contributed by atoms with van der Waals surface area (Å²) in [6.07, 6.45) is 0.168. The number of rotatable bonds is 7. The average molecular weight is 351 g/mol. The van der Waals surface area contributed by atoms with Gasteiger partial charge in [-0.05, 0) is 51.1 Å². The van der Waals surface area contributed by atoms with Gasteiger partial charge in [0.25, 0.3) is 0 Å². The highest BCUT2D eigenvalue weighted by Crippen LogP contribution is 2.21. The maximum Gasteiger partial charge on any atom is 0.241 e. The molecule has 5 heteroatoms. The van der Waals surface area contributed by atoms with Crippen LogP contribution in [0.25, 0.3) is 11.4 Å². The molecule has 136 valence electrons. The Kier molecular flexibility index (Phi) is 5.68. The Morgan fingerprint density at radius 3 is 2.65 bits per heavy atom. The first-order valence-electron chi connectivity index (χ1n) is 8.84. The maximum atomic E-state index is 5.76. The van der Waals surface area contributed by atoms with Crippen molar-refractivity contribution in [3.05, 3.63) is 65.5 Å². The molecule has 0 saturated carbocycles. The summed E-state index contributed by atoms with van der Waals surface area (Å²) in [6.45, 7) is 7.47. The van der Waals surface area contributed by atoms with Crippen LogP contribution in [0.3, 0.4) is 0 Å². The number of aromatic nitrogens is 2. The Labute approximate surface area is 154 Å². The van der Waals surface area contributed by atoms with Gasteiger partial charge >= 0.3 is 0 Å². The van der Waals surface area contributed by atoms with Crippen molar-refractivity contribution in [3.63, 3.8) is 0 Å². The number of hydrogen-bond donors (Lipinski definition) is 0. The van der Waals surface area contributed by atoms with Gasteiger partial charge < -0.3 is 9.26 Å². The summed E-state index contributed by atoms with van der Waals surface area (Å²) in [4.78, 5) is 6.68. The monoisotopic (exact) mass is 351 g/mol. The van der Waals surface area contributed by atoms with Crippen molar-refractivity contribution in [2.24, 2.45) is 0 Å². The fourth-order valence-electron chi connectivity index (χ4n) is 2.84. The molecule has 0 unspecified atom stereocenters. The van der Waals surface area contributed by atoms with Crippen LogP contribution < -0.4 is 4.74 Å². The zero-order chi connectivity index (χ0) is 18.5. The quantitative estimate of drug-likeness (QED) is 0.629. The van der Waals surface area contributed by atoms with Gasteiger partial charge in [0.2, 0.25) is 11.7 Å². The molecule has 0 spiro atoms. The van der Waals surface area contributed by atoms with E-state index >= 15 is 0 Å². The normalized spacial score (nSPS) is 11.3. The van der Waals surface area contributed by atoms with Crippen LogP contribution in [0.5, 0.6) is 5.75 Å². The summed E-state index contributed by atoms with van der Waals surface area (Å²) in [5, 5.41) is 4.12. The van der Waals surface area contributed by atoms with Gasteiger partial charge in [-0.2, -0.15) is 4.98 Å². The summed E-state index contributed by atoms with van der Waals surface area (Å²) in [7, 11) is 2.04. The second-order valence-electron chi connectivity index (χ2n) is 6.81. The van der Waals surface area contributed by atoms with Crippen molar-refractivity contribution in [3.8, 4) is 17.1 Å². The fraction of sp³-hybridized carbons (Fsp3) is 0.333. The third kappa shape index (κ3) is 4.70. The number of nitrogens with zero attached hydrogens (tertiary/aromatic N) is 3. The molecule has 0 aliphatic heterocycles. The Hall–Kier alpha value is -2.66. The van der Waals surface area contributed by atoms with Crippen LogP contribution in [-0.2, 0) is 13.1 Å². The first kappa shape index (κ1) is 18.1. The highest BCUT2D eigenvalue weighted by Gasteiger charge is 2.12. The zero-order valence-electron chi connectivity index (χ0n) is 15.8. The highest BCUT2D eigenvalue weighted by atomic mass is 16.5. The summed E-state index contributed by atoms with van der Waals surface area (Å²) in [6, 6.07) is 16.2. The van der Waals surface area contributed by atoms with E-state index in [-0.39, 0.29) is 6.10 Å². The van der Waals surface area contributed by atoms with Crippen LogP contribution in [0.4, 0.5) is 0 Å². The molecule has 0 fully saturated rings. The fourth-order valence-corrected chi connectivity index (χ4v) is 2.84. The van der Waals surface area contributed by atoms with Crippen molar-refractivity contribution >= 4 is 0 Å². The molecule has 0 bridgehead atoms. The van der Waals surface area contributed by atoms with Crippen molar-refractivity contribution in [1.82, 2.24) is 15.0 Å². The Morgan fingerprint density at radius 1 is 1.08 bits per heavy atom. The van der Waals surface area contributed by atoms with E-state index in [9.17, 15) is 0 Å². The van der Waals surface area contributed by atoms with Gasteiger partial charge in [0.05, 0.1) is 12.6 Å². The van der Waals surface area contributed by atoms with E-state index in [1.165, 1.54) is 5.56 Å². The number of benzene rings is 2. The van der Waals surface area contributed by atoms with Gasteiger partial charge in [0.1, 0.15) is 5.75 Å². The molecule has 0 N–H and O–H groups in total. The largest absolute Gasteiger partial charge is 0.491 e. The number of hydrogen-bond acceptors (Lipinski definition) is 5. The van der Waals surface area contributed by atoms with Gasteiger partial charge in [0.15, 0.2) is 0 Å². The SMILES string of the molecule is Cc1ccccc1-c1noc(CN(C)Cc2cccc(OC(C)C)c2)n1. The lowest BCUT2D eigenvalue weighted by atomic mass is 10.1. The van der Waals surface area contributed by atoms with E-state index in [2.05, 4.69) is 27.2 Å². The minimum atomic E-state index is 0.168. The van der Waals surface area contributed by atoms with E-state index in [4.69, 9.17) is 9.26 Å². The standard InChI is InChI=1S/C21H25N3O2/c1-15(2)25-18-10-7-9-17(12-18)13-24(4)14-20-22-21(23-26-20)19-11-6-5-8-16(19)3/h5-12,15H,13-14H2,1-4H3. The molecular weight excluding hydrogens is 326 g/mol. The van der Waals surface area contributed by atoms with E-state index in [0.717, 1.165) is 23.4 Å². The first-order valence-corrected chi connectivity index (χ1v) is 8.84. The molecule has 5 nitrogen and oxygen atoms in total. The molecule has 0 aliphatic rings. The third-order valence-corrected chi connectivity index (χ3v) is 3.98. The van der Waals surface area contributed by atoms with Crippen molar-refractivity contribution in [2.45, 2.75) is 40.0 Å². The molecule has 0 radical (unpaired) electrons. The van der Waals surface area contributed by atoms with Gasteiger partial charge in [-0.1, -0.05) is 41.6 Å². The van der Waals surface area contributed by atoms with Crippen LogP contribution in [-0.4, -0.2) is 28.2 Å². The summed E-state index contributed by atoms with van der Waals surface area (Å²) in [5.41, 5.74) is 3.32. The molecule has 2 aromatic carbocycles. The van der Waals surface area contributed by atoms with Crippen molar-refractivity contribution in [2.75, 3.05) is 7.05 Å². The third-order valence-electron chi connectivity index (χ3n) is 3.98. The Balaban J connectivity index is 1.64. The topological polar surface area (TPSA) is 51.4 Å². The van der Waals surface area contributed by atoms with Crippen LogP contribution in [0.2, 0.25) is 0 Å². The molecule has 1 heterocycles. The number of aryl methyl sites for hydroxylation is 1. The molecule has 0 saturated heterocycles. The minimum absolute atomic E-state index is 0.168. The average Bonchev–Trinajstić information content (AvgIpc) is 3.03. The molecule has 0 aliphatic carbocycles. The molecule has 1 aromatic heterocycles. The molecular formula is C21H25N3O2. The van der Waals surface area contributed by atoms with Crippen molar-refractivity contribution in [1.29, 1.82) is 0 Å². The molecule has 0 amide bonds. The number of ether oxygens (including phenoxy) is 1. The zero-order valence-corrected chi connectivity index (χ0v) is 15.8. The Morgan fingerprint density at radius 2 is 1.88 bits per heavy atom. The lowest BCUT2D eigenvalue weighted by molar-refractivity contribution is 0.240. The Bertz CT molecular complexity index is 858. The lowest BCUT2D eigenvalue weighted by Gasteiger charge is -2.16. The predicted octanol–water partition coefficient (Wildman–Crippen LogP) is 4.46. The molecule has 3 aromatic rings. The van der Waals surface area contributed by atoms with Gasteiger partial charge in [-0.3, -0.25) is 4.90 Å². The van der Waals surface area contributed by atoms with Crippen LogP contribution >= 0.6 is 0 Å². The highest BCUT2D eigenvalue weighted by molar-refractivity contribution is 5.58. The van der Waals surface area contributed by atoms with Gasteiger partial charge in [0, 0.05) is 12.1 Å². The minimum Gasteiger partial charge on any atom is -0.491 e. The van der Waals surface area contributed by atoms with E-state index in [1.807, 2.05) is 64.2 Å². The summed E-state index contributed by atoms with van der Waals surface area (Å²) in [5.74, 6) is 2.14. The van der Waals surface area contributed by atoms with Gasteiger partial charge in [-0.25, -0.2) is 0 Å². The van der Waals surface area contributed by atoms with E-state index in [0.29, 0.717) is 18.3 Å².